The smallest absolute Gasteiger partial charge is 0.335 e. The molecule has 0 amide bonds. The van der Waals surface area contributed by atoms with Gasteiger partial charge in [0.25, 0.3) is 10.0 Å². The summed E-state index contributed by atoms with van der Waals surface area (Å²) in [6.45, 7) is 4.64. The number of ether oxygens (including phenoxy) is 1. The third kappa shape index (κ3) is 5.67. The summed E-state index contributed by atoms with van der Waals surface area (Å²) in [6.07, 6.45) is -0.0794. The van der Waals surface area contributed by atoms with Gasteiger partial charge in [-0.2, -0.15) is 8.42 Å². The predicted octanol–water partition coefficient (Wildman–Crippen LogP) is 4.53. The molecule has 0 aliphatic carbocycles. The number of nitrogens with zero attached hydrogens (tertiary/aromatic N) is 2. The highest BCUT2D eigenvalue weighted by Crippen LogP contribution is 2.35. The van der Waals surface area contributed by atoms with Gasteiger partial charge >= 0.3 is 5.97 Å². The van der Waals surface area contributed by atoms with Crippen molar-refractivity contribution in [2.45, 2.75) is 38.6 Å². The van der Waals surface area contributed by atoms with Gasteiger partial charge in [-0.25, -0.2) is 14.2 Å². The zero-order valence-corrected chi connectivity index (χ0v) is 19.3. The number of benzene rings is 2. The van der Waals surface area contributed by atoms with Gasteiger partial charge in [-0.3, -0.25) is 4.31 Å². The Morgan fingerprint density at radius 2 is 1.79 bits per heavy atom. The molecule has 7 nitrogen and oxygen atoms in total. The van der Waals surface area contributed by atoms with Crippen molar-refractivity contribution in [2.75, 3.05) is 10.8 Å². The highest BCUT2D eigenvalue weighted by atomic mass is 32.2. The van der Waals surface area contributed by atoms with Crippen molar-refractivity contribution in [2.24, 2.45) is 0 Å². The minimum atomic E-state index is -4.16. The number of carboxylic acids is 1. The van der Waals surface area contributed by atoms with Crippen molar-refractivity contribution in [3.63, 3.8) is 0 Å². The molecule has 3 rings (SSSR count). The highest BCUT2D eigenvalue weighted by Gasteiger charge is 2.30. The molecule has 174 valence electrons. The minimum Gasteiger partial charge on any atom is -0.487 e. The van der Waals surface area contributed by atoms with Crippen LogP contribution in [0.1, 0.15) is 34.0 Å². The lowest BCUT2D eigenvalue weighted by Gasteiger charge is -2.27. The van der Waals surface area contributed by atoms with Crippen LogP contribution in [0.25, 0.3) is 0 Å². The zero-order chi connectivity index (χ0) is 24.2. The van der Waals surface area contributed by atoms with Crippen LogP contribution in [0.3, 0.4) is 0 Å². The van der Waals surface area contributed by atoms with Crippen LogP contribution in [0, 0.1) is 13.8 Å². The number of pyridine rings is 1. The van der Waals surface area contributed by atoms with Crippen molar-refractivity contribution in [3.05, 3.63) is 83.0 Å². The molecule has 0 aliphatic rings. The summed E-state index contributed by atoms with van der Waals surface area (Å²) in [5.41, 5.74) is 2.74. The molecule has 2 aromatic carbocycles. The molecule has 0 unspecified atom stereocenters. The maximum Gasteiger partial charge on any atom is 0.335 e. The van der Waals surface area contributed by atoms with Crippen LogP contribution >= 0.6 is 0 Å². The Morgan fingerprint density at radius 1 is 1.12 bits per heavy atom. The number of carboxylic acid groups (broad SMARTS) is 1. The summed E-state index contributed by atoms with van der Waals surface area (Å²) < 4.78 is 47.8. The number of anilines is 1. The SMILES string of the molecule is Cc1cc(OCc2ccc(C(=O)O)cc2)c(N(C[C@@H](C)F)S(=O)(=O)c2ccccn2)cc1C. The number of rotatable bonds is 9. The topological polar surface area (TPSA) is 96.8 Å². The van der Waals surface area contributed by atoms with Gasteiger partial charge in [0.05, 0.1) is 17.8 Å². The number of halogens is 1. The maximum atomic E-state index is 14.1. The minimum absolute atomic E-state index is 0.0675. The van der Waals surface area contributed by atoms with Gasteiger partial charge in [-0.05, 0) is 73.9 Å². The van der Waals surface area contributed by atoms with E-state index in [0.29, 0.717) is 5.56 Å². The monoisotopic (exact) mass is 472 g/mol. The average molecular weight is 473 g/mol. The molecular weight excluding hydrogens is 447 g/mol. The third-order valence-corrected chi connectivity index (χ3v) is 6.74. The maximum absolute atomic E-state index is 14.1. The summed E-state index contributed by atoms with van der Waals surface area (Å²) in [5.74, 6) is -0.768. The van der Waals surface area contributed by atoms with E-state index < -0.39 is 28.7 Å². The van der Waals surface area contributed by atoms with Crippen molar-refractivity contribution in [3.8, 4) is 5.75 Å². The number of alkyl halides is 1. The lowest BCUT2D eigenvalue weighted by atomic mass is 10.1. The largest absolute Gasteiger partial charge is 0.487 e. The quantitative estimate of drug-likeness (QED) is 0.492. The Kier molecular flexibility index (Phi) is 7.33. The number of aromatic carboxylic acids is 1. The highest BCUT2D eigenvalue weighted by molar-refractivity contribution is 7.92. The number of carbonyl (C=O) groups is 1. The summed E-state index contributed by atoms with van der Waals surface area (Å²) in [4.78, 5) is 15.0. The van der Waals surface area contributed by atoms with E-state index in [1.165, 1.54) is 31.3 Å². The summed E-state index contributed by atoms with van der Waals surface area (Å²) in [7, 11) is -4.16. The van der Waals surface area contributed by atoms with Crippen molar-refractivity contribution >= 4 is 21.7 Å². The first-order valence-electron chi connectivity index (χ1n) is 10.2. The Bertz CT molecular complexity index is 1230. The van der Waals surface area contributed by atoms with Crippen LogP contribution in [-0.2, 0) is 16.6 Å². The van der Waals surface area contributed by atoms with Crippen LogP contribution in [-0.4, -0.2) is 37.2 Å². The Balaban J connectivity index is 2.02. The van der Waals surface area contributed by atoms with Gasteiger partial charge in [0.15, 0.2) is 5.03 Å². The molecule has 0 fully saturated rings. The van der Waals surface area contributed by atoms with Crippen LogP contribution in [0.15, 0.2) is 65.8 Å². The van der Waals surface area contributed by atoms with Crippen LogP contribution in [0.2, 0.25) is 0 Å². The van der Waals surface area contributed by atoms with Crippen LogP contribution in [0.4, 0.5) is 10.1 Å². The number of aryl methyl sites for hydroxylation is 2. The summed E-state index contributed by atoms with van der Waals surface area (Å²) in [5, 5.41) is 8.86. The molecule has 1 heterocycles. The fourth-order valence-electron chi connectivity index (χ4n) is 3.16. The van der Waals surface area contributed by atoms with Gasteiger partial charge in [-0.15, -0.1) is 0 Å². The first-order chi connectivity index (χ1) is 15.6. The lowest BCUT2D eigenvalue weighted by Crippen LogP contribution is -2.36. The van der Waals surface area contributed by atoms with Crippen molar-refractivity contribution in [1.82, 2.24) is 4.98 Å². The zero-order valence-electron chi connectivity index (χ0n) is 18.5. The first-order valence-corrected chi connectivity index (χ1v) is 11.7. The fraction of sp³-hybridized carbons (Fsp3) is 0.250. The van der Waals surface area contributed by atoms with E-state index in [1.54, 1.807) is 36.4 Å². The van der Waals surface area contributed by atoms with Crippen LogP contribution < -0.4 is 9.04 Å². The number of hydrogen-bond acceptors (Lipinski definition) is 5. The normalized spacial score (nSPS) is 12.2. The molecule has 0 aliphatic heterocycles. The van der Waals surface area contributed by atoms with Gasteiger partial charge in [-0.1, -0.05) is 18.2 Å². The van der Waals surface area contributed by atoms with E-state index >= 15 is 0 Å². The van der Waals surface area contributed by atoms with E-state index in [4.69, 9.17) is 9.84 Å². The third-order valence-electron chi connectivity index (χ3n) is 5.05. The predicted molar refractivity (Wildman–Crippen MR) is 123 cm³/mol. The van der Waals surface area contributed by atoms with Gasteiger partial charge < -0.3 is 9.84 Å². The van der Waals surface area contributed by atoms with E-state index in [2.05, 4.69) is 4.98 Å². The van der Waals surface area contributed by atoms with E-state index in [1.807, 2.05) is 13.8 Å². The Hall–Kier alpha value is -3.46. The first kappa shape index (κ1) is 24.2. The Morgan fingerprint density at radius 3 is 2.36 bits per heavy atom. The molecule has 9 heteroatoms. The van der Waals surface area contributed by atoms with Gasteiger partial charge in [0.1, 0.15) is 18.5 Å². The van der Waals surface area contributed by atoms with E-state index in [-0.39, 0.29) is 28.6 Å². The van der Waals surface area contributed by atoms with Gasteiger partial charge in [0, 0.05) is 6.20 Å². The number of aromatic nitrogens is 1. The van der Waals surface area contributed by atoms with E-state index in [0.717, 1.165) is 15.4 Å². The number of hydrogen-bond donors (Lipinski definition) is 1. The second-order valence-electron chi connectivity index (χ2n) is 7.68. The second-order valence-corrected chi connectivity index (χ2v) is 9.49. The van der Waals surface area contributed by atoms with E-state index in [9.17, 15) is 17.6 Å². The second kappa shape index (κ2) is 9.99. The molecule has 0 spiro atoms. The lowest BCUT2D eigenvalue weighted by molar-refractivity contribution is 0.0696. The molecule has 0 radical (unpaired) electrons. The molecule has 1 N–H and O–H groups in total. The molecule has 3 aromatic rings. The summed E-state index contributed by atoms with van der Waals surface area (Å²) in [6, 6.07) is 14.0. The molecular formula is C24H25FN2O5S. The molecule has 0 saturated heterocycles. The van der Waals surface area contributed by atoms with Crippen molar-refractivity contribution < 1.29 is 27.4 Å². The van der Waals surface area contributed by atoms with Gasteiger partial charge in [0.2, 0.25) is 0 Å². The fourth-order valence-corrected chi connectivity index (χ4v) is 4.63. The standard InChI is InChI=1S/C24H25FN2O5S/c1-16-12-21(27(14-18(3)25)33(30,31)23-6-4-5-11-26-23)22(13-17(16)2)32-15-19-7-9-20(10-8-19)24(28)29/h4-13,18H,14-15H2,1-3H3,(H,28,29)/t18-/m1/s1. The molecule has 1 aromatic heterocycles. The Labute approximate surface area is 192 Å². The number of sulfonamides is 1. The molecule has 1 atom stereocenters. The molecule has 0 bridgehead atoms. The average Bonchev–Trinajstić information content (AvgIpc) is 2.78. The molecule has 0 saturated carbocycles. The summed E-state index contributed by atoms with van der Waals surface area (Å²) >= 11 is 0. The molecule has 33 heavy (non-hydrogen) atoms. The van der Waals surface area contributed by atoms with Crippen molar-refractivity contribution in [1.29, 1.82) is 0 Å². The van der Waals surface area contributed by atoms with Crippen LogP contribution in [0.5, 0.6) is 5.75 Å².